The summed E-state index contributed by atoms with van der Waals surface area (Å²) < 4.78 is 10.6. The van der Waals surface area contributed by atoms with Crippen LogP contribution in [0, 0.1) is 0 Å². The molecule has 0 bridgehead atoms. The van der Waals surface area contributed by atoms with E-state index in [9.17, 15) is 4.79 Å². The smallest absolute Gasteiger partial charge is 0.336 e. The van der Waals surface area contributed by atoms with Crippen LogP contribution in [0.4, 0.5) is 0 Å². The summed E-state index contributed by atoms with van der Waals surface area (Å²) in [5.41, 5.74) is 2.65. The summed E-state index contributed by atoms with van der Waals surface area (Å²) >= 11 is 0. The first kappa shape index (κ1) is 17.3. The van der Waals surface area contributed by atoms with Crippen molar-refractivity contribution >= 4 is 21.7 Å². The molecule has 3 aromatic carbocycles. The summed E-state index contributed by atoms with van der Waals surface area (Å²) in [5.74, 6) is 0.872. The molecular weight excluding hydrogens is 338 g/mol. The molecule has 1 heterocycles. The van der Waals surface area contributed by atoms with E-state index < -0.39 is 0 Å². The monoisotopic (exact) mass is 360 g/mol. The van der Waals surface area contributed by atoms with Crippen molar-refractivity contribution in [1.29, 1.82) is 0 Å². The molecule has 0 radical (unpaired) electrons. The van der Waals surface area contributed by atoms with Gasteiger partial charge in [0.15, 0.2) is 0 Å². The van der Waals surface area contributed by atoms with Crippen LogP contribution < -0.4 is 15.7 Å². The molecule has 0 aliphatic rings. The first-order chi connectivity index (χ1) is 13.2. The second-order valence-corrected chi connectivity index (χ2v) is 6.63. The summed E-state index contributed by atoms with van der Waals surface area (Å²) in [4.78, 5) is 12.0. The molecule has 0 saturated carbocycles. The third kappa shape index (κ3) is 3.71. The van der Waals surface area contributed by atoms with Crippen LogP contribution in [0.5, 0.6) is 5.75 Å². The molecule has 27 heavy (non-hydrogen) atoms. The maximum atomic E-state index is 12.0. The molecule has 136 valence electrons. The van der Waals surface area contributed by atoms with E-state index in [0.717, 1.165) is 47.0 Å². The van der Waals surface area contributed by atoms with E-state index in [2.05, 4.69) is 29.6 Å². The van der Waals surface area contributed by atoms with Crippen molar-refractivity contribution in [2.75, 3.05) is 13.7 Å². The standard InChI is InChI=1S/C23H21NO3/c1-26-19-9-6-16(7-10-19)12-13-24-15-18-14-22(25)27-21-11-8-17-4-2-3-5-20(17)23(18)21/h2-11,14,24H,12-13,15H2,1H3/p+1. The van der Waals surface area contributed by atoms with E-state index in [4.69, 9.17) is 9.15 Å². The number of hydrogen-bond acceptors (Lipinski definition) is 3. The lowest BCUT2D eigenvalue weighted by atomic mass is 10.0. The van der Waals surface area contributed by atoms with Crippen molar-refractivity contribution in [3.63, 3.8) is 0 Å². The van der Waals surface area contributed by atoms with Gasteiger partial charge in [-0.3, -0.25) is 0 Å². The summed E-state index contributed by atoms with van der Waals surface area (Å²) in [6.45, 7) is 1.69. The number of benzene rings is 3. The molecule has 0 unspecified atom stereocenters. The van der Waals surface area contributed by atoms with E-state index in [1.807, 2.05) is 36.4 Å². The minimum absolute atomic E-state index is 0.295. The highest BCUT2D eigenvalue weighted by molar-refractivity contribution is 6.06. The van der Waals surface area contributed by atoms with Gasteiger partial charge in [-0.1, -0.05) is 42.5 Å². The fourth-order valence-corrected chi connectivity index (χ4v) is 3.50. The third-order valence-electron chi connectivity index (χ3n) is 4.87. The number of methoxy groups -OCH3 is 1. The predicted molar refractivity (Wildman–Crippen MR) is 107 cm³/mol. The minimum atomic E-state index is -0.295. The Hall–Kier alpha value is -3.11. The van der Waals surface area contributed by atoms with Gasteiger partial charge in [0.2, 0.25) is 0 Å². The fraction of sp³-hybridized carbons (Fsp3) is 0.174. The summed E-state index contributed by atoms with van der Waals surface area (Å²) in [7, 11) is 1.67. The molecule has 0 aliphatic heterocycles. The van der Waals surface area contributed by atoms with Crippen molar-refractivity contribution < 1.29 is 14.5 Å². The second-order valence-electron chi connectivity index (χ2n) is 6.63. The van der Waals surface area contributed by atoms with Crippen LogP contribution >= 0.6 is 0 Å². The number of quaternary nitrogens is 1. The van der Waals surface area contributed by atoms with E-state index >= 15 is 0 Å². The lowest BCUT2D eigenvalue weighted by Crippen LogP contribution is -2.83. The van der Waals surface area contributed by atoms with Crippen LogP contribution in [0.2, 0.25) is 0 Å². The van der Waals surface area contributed by atoms with Crippen molar-refractivity contribution in [2.24, 2.45) is 0 Å². The fourth-order valence-electron chi connectivity index (χ4n) is 3.50. The normalized spacial score (nSPS) is 11.1. The highest BCUT2D eigenvalue weighted by Crippen LogP contribution is 2.26. The molecule has 0 amide bonds. The minimum Gasteiger partial charge on any atom is -0.497 e. The van der Waals surface area contributed by atoms with Crippen molar-refractivity contribution in [3.05, 3.63) is 88.3 Å². The largest absolute Gasteiger partial charge is 0.497 e. The van der Waals surface area contributed by atoms with Crippen LogP contribution in [0.15, 0.2) is 75.9 Å². The van der Waals surface area contributed by atoms with Crippen LogP contribution in [0.3, 0.4) is 0 Å². The first-order valence-electron chi connectivity index (χ1n) is 9.14. The predicted octanol–water partition coefficient (Wildman–Crippen LogP) is 3.26. The van der Waals surface area contributed by atoms with Crippen molar-refractivity contribution in [1.82, 2.24) is 0 Å². The zero-order valence-electron chi connectivity index (χ0n) is 15.3. The Morgan fingerprint density at radius 1 is 1.00 bits per heavy atom. The summed E-state index contributed by atoms with van der Waals surface area (Å²) in [6.07, 6.45) is 0.962. The van der Waals surface area contributed by atoms with Gasteiger partial charge >= 0.3 is 5.63 Å². The number of nitrogens with two attached hydrogens (primary N) is 1. The number of hydrogen-bond donors (Lipinski definition) is 1. The van der Waals surface area contributed by atoms with Gasteiger partial charge in [-0.2, -0.15) is 0 Å². The van der Waals surface area contributed by atoms with E-state index in [1.54, 1.807) is 13.2 Å². The van der Waals surface area contributed by atoms with E-state index in [-0.39, 0.29) is 5.63 Å². The Morgan fingerprint density at radius 2 is 1.81 bits per heavy atom. The molecule has 4 aromatic rings. The maximum absolute atomic E-state index is 12.0. The molecule has 0 atom stereocenters. The lowest BCUT2D eigenvalue weighted by molar-refractivity contribution is -0.669. The van der Waals surface area contributed by atoms with Gasteiger partial charge in [-0.25, -0.2) is 4.79 Å². The Morgan fingerprint density at radius 3 is 2.63 bits per heavy atom. The van der Waals surface area contributed by atoms with Gasteiger partial charge in [0.25, 0.3) is 0 Å². The molecule has 0 fully saturated rings. The van der Waals surface area contributed by atoms with Gasteiger partial charge < -0.3 is 14.5 Å². The van der Waals surface area contributed by atoms with Gasteiger partial charge in [0, 0.05) is 23.4 Å². The number of rotatable bonds is 6. The molecule has 4 rings (SSSR count). The lowest BCUT2D eigenvalue weighted by Gasteiger charge is -2.08. The molecular formula is C23H22NO3+. The zero-order valence-corrected chi connectivity index (χ0v) is 15.3. The van der Waals surface area contributed by atoms with Crippen molar-refractivity contribution in [2.45, 2.75) is 13.0 Å². The Kier molecular flexibility index (Phi) is 4.90. The average molecular weight is 360 g/mol. The first-order valence-corrected chi connectivity index (χ1v) is 9.14. The van der Waals surface area contributed by atoms with Crippen LogP contribution in [0.1, 0.15) is 11.1 Å². The quantitative estimate of drug-likeness (QED) is 0.326. The summed E-state index contributed by atoms with van der Waals surface area (Å²) in [5, 5.41) is 5.55. The molecule has 2 N–H and O–H groups in total. The Bertz CT molecular complexity index is 1130. The van der Waals surface area contributed by atoms with Crippen LogP contribution in [0.25, 0.3) is 21.7 Å². The van der Waals surface area contributed by atoms with Crippen LogP contribution in [-0.4, -0.2) is 13.7 Å². The third-order valence-corrected chi connectivity index (χ3v) is 4.87. The maximum Gasteiger partial charge on any atom is 0.336 e. The van der Waals surface area contributed by atoms with Crippen LogP contribution in [-0.2, 0) is 13.0 Å². The van der Waals surface area contributed by atoms with E-state index in [1.165, 1.54) is 5.56 Å². The number of fused-ring (bicyclic) bond motifs is 3. The van der Waals surface area contributed by atoms with Crippen molar-refractivity contribution in [3.8, 4) is 5.75 Å². The molecule has 1 aromatic heterocycles. The van der Waals surface area contributed by atoms with E-state index in [0.29, 0.717) is 5.58 Å². The zero-order chi connectivity index (χ0) is 18.6. The molecule has 0 spiro atoms. The molecule has 4 nitrogen and oxygen atoms in total. The molecule has 0 aliphatic carbocycles. The number of ether oxygens (including phenoxy) is 1. The topological polar surface area (TPSA) is 56.0 Å². The van der Waals surface area contributed by atoms with Gasteiger partial charge in [0.05, 0.1) is 13.7 Å². The van der Waals surface area contributed by atoms with Gasteiger partial charge in [-0.05, 0) is 34.5 Å². The van der Waals surface area contributed by atoms with Gasteiger partial charge in [0.1, 0.15) is 17.9 Å². The SMILES string of the molecule is COc1ccc(CC[NH2+]Cc2cc(=O)oc3ccc4ccccc4c23)cc1. The average Bonchev–Trinajstić information content (AvgIpc) is 2.71. The highest BCUT2D eigenvalue weighted by atomic mass is 16.5. The Labute approximate surface area is 157 Å². The van der Waals surface area contributed by atoms with Gasteiger partial charge in [-0.15, -0.1) is 0 Å². The summed E-state index contributed by atoms with van der Waals surface area (Å²) in [6, 6.07) is 21.9. The molecule has 4 heteroatoms. The highest BCUT2D eigenvalue weighted by Gasteiger charge is 2.10. The Balaban J connectivity index is 1.54. The second kappa shape index (κ2) is 7.64. The molecule has 0 saturated heterocycles.